The lowest BCUT2D eigenvalue weighted by Crippen LogP contribution is -2.20. The number of rotatable bonds is 5. The summed E-state index contributed by atoms with van der Waals surface area (Å²) in [6, 6.07) is 0. The minimum Gasteiger partial charge on any atom is -0.382 e. The summed E-state index contributed by atoms with van der Waals surface area (Å²) in [6.45, 7) is 1.98. The van der Waals surface area contributed by atoms with Crippen molar-refractivity contribution in [3.63, 3.8) is 0 Å². The van der Waals surface area contributed by atoms with E-state index in [1.807, 2.05) is 6.92 Å². The van der Waals surface area contributed by atoms with Crippen LogP contribution in [0.1, 0.15) is 13.3 Å². The van der Waals surface area contributed by atoms with Gasteiger partial charge in [-0.3, -0.25) is 0 Å². The highest BCUT2D eigenvalue weighted by molar-refractivity contribution is 4.51. The largest absolute Gasteiger partial charge is 0.382 e. The van der Waals surface area contributed by atoms with Gasteiger partial charge in [0.05, 0.1) is 6.10 Å². The summed E-state index contributed by atoms with van der Waals surface area (Å²) in [5.41, 5.74) is 0. The normalized spacial score (nSPS) is 14.1. The van der Waals surface area contributed by atoms with Crippen molar-refractivity contribution in [2.45, 2.75) is 25.7 Å². The second-order valence-electron chi connectivity index (χ2n) is 2.18. The van der Waals surface area contributed by atoms with Crippen molar-refractivity contribution in [3.05, 3.63) is 0 Å². The maximum Gasteiger partial charge on any atom is 0.159 e. The highest BCUT2D eigenvalue weighted by Crippen LogP contribution is 2.04. The fraction of sp³-hybridized carbons (Fsp3) is 1.00. The van der Waals surface area contributed by atoms with E-state index in [0.29, 0.717) is 0 Å². The van der Waals surface area contributed by atoms with E-state index >= 15 is 0 Å². The average Bonchev–Trinajstić information content (AvgIpc) is 1.99. The molecule has 62 valence electrons. The highest BCUT2D eigenvalue weighted by atomic mass is 16.7. The van der Waals surface area contributed by atoms with Crippen LogP contribution in [0, 0.1) is 0 Å². The van der Waals surface area contributed by atoms with Crippen LogP contribution in [0.4, 0.5) is 0 Å². The Hall–Kier alpha value is -0.120. The second-order valence-corrected chi connectivity index (χ2v) is 2.18. The molecule has 0 spiro atoms. The molecule has 0 radical (unpaired) electrons. The zero-order valence-electron chi connectivity index (χ0n) is 7.09. The molecule has 0 amide bonds. The first-order valence-electron chi connectivity index (χ1n) is 3.33. The van der Waals surface area contributed by atoms with Crippen LogP contribution in [0.25, 0.3) is 0 Å². The molecule has 0 aliphatic carbocycles. The van der Waals surface area contributed by atoms with Gasteiger partial charge in [0.25, 0.3) is 0 Å². The van der Waals surface area contributed by atoms with Gasteiger partial charge in [0.15, 0.2) is 6.29 Å². The number of hydrogen-bond donors (Lipinski definition) is 0. The molecule has 0 aliphatic rings. The molecule has 0 fully saturated rings. The lowest BCUT2D eigenvalue weighted by atomic mass is 10.3. The van der Waals surface area contributed by atoms with Crippen LogP contribution in [-0.4, -0.2) is 33.7 Å². The SMILES string of the molecule is COC(C[C@@H](C)OC)OC. The Balaban J connectivity index is 3.41. The summed E-state index contributed by atoms with van der Waals surface area (Å²) >= 11 is 0. The van der Waals surface area contributed by atoms with Crippen LogP contribution in [0.5, 0.6) is 0 Å². The van der Waals surface area contributed by atoms with Crippen LogP contribution in [0.3, 0.4) is 0 Å². The first kappa shape index (κ1) is 9.88. The molecule has 0 aromatic heterocycles. The third-order valence-electron chi connectivity index (χ3n) is 1.45. The zero-order chi connectivity index (χ0) is 7.98. The van der Waals surface area contributed by atoms with Gasteiger partial charge in [0, 0.05) is 27.8 Å². The molecule has 1 atom stereocenters. The molecule has 0 aliphatic heterocycles. The third-order valence-corrected chi connectivity index (χ3v) is 1.45. The third kappa shape index (κ3) is 3.82. The van der Waals surface area contributed by atoms with Crippen molar-refractivity contribution in [3.8, 4) is 0 Å². The minimum absolute atomic E-state index is 0.144. The summed E-state index contributed by atoms with van der Waals surface area (Å²) in [4.78, 5) is 0. The van der Waals surface area contributed by atoms with E-state index in [-0.39, 0.29) is 12.4 Å². The number of hydrogen-bond acceptors (Lipinski definition) is 3. The number of ether oxygens (including phenoxy) is 3. The molecular weight excluding hydrogens is 132 g/mol. The molecule has 0 bridgehead atoms. The molecular formula is C7H16O3. The Morgan fingerprint density at radius 1 is 1.00 bits per heavy atom. The van der Waals surface area contributed by atoms with Gasteiger partial charge in [-0.25, -0.2) is 0 Å². The first-order valence-corrected chi connectivity index (χ1v) is 3.33. The maximum absolute atomic E-state index is 5.02. The maximum atomic E-state index is 5.02. The van der Waals surface area contributed by atoms with E-state index < -0.39 is 0 Å². The van der Waals surface area contributed by atoms with Crippen molar-refractivity contribution in [2.24, 2.45) is 0 Å². The topological polar surface area (TPSA) is 27.7 Å². The predicted molar refractivity (Wildman–Crippen MR) is 38.9 cm³/mol. The molecule has 0 aromatic carbocycles. The van der Waals surface area contributed by atoms with Crippen LogP contribution in [0.15, 0.2) is 0 Å². The molecule has 0 N–H and O–H groups in total. The Kier molecular flexibility index (Phi) is 5.58. The second kappa shape index (κ2) is 5.65. The van der Waals surface area contributed by atoms with E-state index in [2.05, 4.69) is 0 Å². The predicted octanol–water partition coefficient (Wildman–Crippen LogP) is 1.03. The standard InChI is InChI=1S/C7H16O3/c1-6(8-2)5-7(9-3)10-4/h6-7H,5H2,1-4H3/t6-/m1/s1. The van der Waals surface area contributed by atoms with Gasteiger partial charge in [0.1, 0.15) is 0 Å². The van der Waals surface area contributed by atoms with Crippen LogP contribution in [0.2, 0.25) is 0 Å². The Morgan fingerprint density at radius 2 is 1.50 bits per heavy atom. The molecule has 0 unspecified atom stereocenters. The molecule has 3 heteroatoms. The summed E-state index contributed by atoms with van der Waals surface area (Å²) < 4.78 is 15.0. The fourth-order valence-corrected chi connectivity index (χ4v) is 0.656. The van der Waals surface area contributed by atoms with E-state index in [0.717, 1.165) is 6.42 Å². The van der Waals surface area contributed by atoms with Crippen LogP contribution in [-0.2, 0) is 14.2 Å². The van der Waals surface area contributed by atoms with Crippen LogP contribution >= 0.6 is 0 Å². The fourth-order valence-electron chi connectivity index (χ4n) is 0.656. The Morgan fingerprint density at radius 3 is 1.80 bits per heavy atom. The van der Waals surface area contributed by atoms with Gasteiger partial charge in [0.2, 0.25) is 0 Å². The van der Waals surface area contributed by atoms with E-state index in [9.17, 15) is 0 Å². The Labute approximate surface area is 62.3 Å². The first-order chi connectivity index (χ1) is 4.74. The van der Waals surface area contributed by atoms with Crippen LogP contribution < -0.4 is 0 Å². The van der Waals surface area contributed by atoms with Gasteiger partial charge in [-0.05, 0) is 6.92 Å². The lowest BCUT2D eigenvalue weighted by Gasteiger charge is -2.16. The molecule has 0 rings (SSSR count). The van der Waals surface area contributed by atoms with Crippen molar-refractivity contribution in [1.82, 2.24) is 0 Å². The monoisotopic (exact) mass is 148 g/mol. The van der Waals surface area contributed by atoms with E-state index in [4.69, 9.17) is 14.2 Å². The van der Waals surface area contributed by atoms with Gasteiger partial charge < -0.3 is 14.2 Å². The van der Waals surface area contributed by atoms with Crippen molar-refractivity contribution >= 4 is 0 Å². The number of methoxy groups -OCH3 is 3. The summed E-state index contributed by atoms with van der Waals surface area (Å²) in [7, 11) is 4.92. The molecule has 0 saturated heterocycles. The molecule has 3 nitrogen and oxygen atoms in total. The molecule has 0 aromatic rings. The van der Waals surface area contributed by atoms with Crippen molar-refractivity contribution in [1.29, 1.82) is 0 Å². The lowest BCUT2D eigenvalue weighted by molar-refractivity contribution is -0.123. The van der Waals surface area contributed by atoms with E-state index in [1.165, 1.54) is 0 Å². The minimum atomic E-state index is -0.144. The molecule has 0 saturated carbocycles. The smallest absolute Gasteiger partial charge is 0.159 e. The quantitative estimate of drug-likeness (QED) is 0.545. The molecule has 0 heterocycles. The van der Waals surface area contributed by atoms with Crippen molar-refractivity contribution in [2.75, 3.05) is 21.3 Å². The molecule has 10 heavy (non-hydrogen) atoms. The Bertz CT molecular complexity index is 71.3. The summed E-state index contributed by atoms with van der Waals surface area (Å²) in [5, 5.41) is 0. The zero-order valence-corrected chi connectivity index (χ0v) is 7.09. The van der Waals surface area contributed by atoms with Gasteiger partial charge in [-0.15, -0.1) is 0 Å². The summed E-state index contributed by atoms with van der Waals surface area (Å²) in [5.74, 6) is 0. The average molecular weight is 148 g/mol. The van der Waals surface area contributed by atoms with Gasteiger partial charge >= 0.3 is 0 Å². The summed E-state index contributed by atoms with van der Waals surface area (Å²) in [6.07, 6.45) is 0.809. The van der Waals surface area contributed by atoms with Gasteiger partial charge in [-0.1, -0.05) is 0 Å². The van der Waals surface area contributed by atoms with Crippen molar-refractivity contribution < 1.29 is 14.2 Å². The van der Waals surface area contributed by atoms with E-state index in [1.54, 1.807) is 21.3 Å². The van der Waals surface area contributed by atoms with Gasteiger partial charge in [-0.2, -0.15) is 0 Å². The highest BCUT2D eigenvalue weighted by Gasteiger charge is 2.09.